The summed E-state index contributed by atoms with van der Waals surface area (Å²) in [5, 5.41) is 3.18. The van der Waals surface area contributed by atoms with Gasteiger partial charge in [-0.1, -0.05) is 40.2 Å². The lowest BCUT2D eigenvalue weighted by Gasteiger charge is -2.03. The molecule has 0 saturated heterocycles. The molecule has 9 heteroatoms. The molecule has 0 saturated carbocycles. The number of carbonyl (C=O) groups is 2. The molecule has 0 radical (unpaired) electrons. The van der Waals surface area contributed by atoms with Crippen molar-refractivity contribution in [2.24, 2.45) is 0 Å². The van der Waals surface area contributed by atoms with E-state index in [4.69, 9.17) is 0 Å². The van der Waals surface area contributed by atoms with Crippen LogP contribution in [0.4, 0.5) is 0 Å². The number of hydrogen-bond donors (Lipinski definition) is 2. The smallest absolute Gasteiger partial charge is 0.227 e. The van der Waals surface area contributed by atoms with Gasteiger partial charge < -0.3 is 9.97 Å². The summed E-state index contributed by atoms with van der Waals surface area (Å²) in [6, 6.07) is 32.7. The second-order valence-corrected chi connectivity index (χ2v) is 11.9. The molecule has 0 unspecified atom stereocenters. The standard InChI is InChI=1S/C15H12N2O.C13H10N2.C8H6BrN.C2H3ClO/c1-11(18)17-8-6-13-9-12(4-5-15(13)17)14-3-2-7-16-10-14;1-2-12(9-14-6-1)10-3-4-13-11(8-10)5-7-15-13;9-7-1-2-8-6(5-7)3-4-10-8;1-2(3)4/h2-10H,1H3;1-9,15H;1-5,10H;1H3. The molecule has 0 fully saturated rings. The fraction of sp³-hybridized carbons (Fsp3) is 0.0526. The summed E-state index contributed by atoms with van der Waals surface area (Å²) in [5.74, 6) is 0.0270. The zero-order valence-corrected chi connectivity index (χ0v) is 28.0. The number of nitrogens with zero attached hydrogens (tertiary/aromatic N) is 3. The van der Waals surface area contributed by atoms with Crippen molar-refractivity contribution in [2.45, 2.75) is 13.8 Å². The average molecular weight is 705 g/mol. The number of benzene rings is 3. The van der Waals surface area contributed by atoms with Crippen LogP contribution in [-0.4, -0.2) is 35.7 Å². The van der Waals surface area contributed by atoms with Crippen molar-refractivity contribution in [3.05, 3.63) is 145 Å². The van der Waals surface area contributed by atoms with Gasteiger partial charge in [-0.05, 0) is 101 Å². The molecule has 2 N–H and O–H groups in total. The highest BCUT2D eigenvalue weighted by atomic mass is 79.9. The van der Waals surface area contributed by atoms with Crippen LogP contribution in [0.3, 0.4) is 0 Å². The lowest BCUT2D eigenvalue weighted by atomic mass is 10.1. The molecule has 5 heterocycles. The topological polar surface area (TPSA) is 96.4 Å². The van der Waals surface area contributed by atoms with Gasteiger partial charge in [0.15, 0.2) is 0 Å². The van der Waals surface area contributed by atoms with Gasteiger partial charge in [0.2, 0.25) is 11.1 Å². The van der Waals surface area contributed by atoms with Crippen molar-refractivity contribution in [3.8, 4) is 22.3 Å². The van der Waals surface area contributed by atoms with E-state index in [-0.39, 0.29) is 11.1 Å². The van der Waals surface area contributed by atoms with E-state index in [9.17, 15) is 9.59 Å². The maximum atomic E-state index is 11.4. The Kier molecular flexibility index (Phi) is 11.1. The third-order valence-electron chi connectivity index (χ3n) is 7.09. The number of aromatic nitrogens is 5. The van der Waals surface area contributed by atoms with Crippen LogP contribution in [0.2, 0.25) is 0 Å². The zero-order valence-electron chi connectivity index (χ0n) is 25.7. The minimum atomic E-state index is -0.361. The van der Waals surface area contributed by atoms with Gasteiger partial charge in [0.25, 0.3) is 0 Å². The Morgan fingerprint density at radius 2 is 1.19 bits per heavy atom. The number of H-pyrrole nitrogens is 2. The number of rotatable bonds is 2. The molecule has 5 aromatic heterocycles. The minimum Gasteiger partial charge on any atom is -0.361 e. The number of carbonyl (C=O) groups excluding carboxylic acids is 2. The molecule has 3 aromatic carbocycles. The van der Waals surface area contributed by atoms with E-state index in [0.29, 0.717) is 0 Å². The Morgan fingerprint density at radius 1 is 0.660 bits per heavy atom. The fourth-order valence-electron chi connectivity index (χ4n) is 4.92. The Hall–Kier alpha value is -5.31. The minimum absolute atomic E-state index is 0.0270. The molecule has 8 aromatic rings. The summed E-state index contributed by atoms with van der Waals surface area (Å²) in [5.41, 5.74) is 7.84. The van der Waals surface area contributed by atoms with E-state index >= 15 is 0 Å². The Balaban J connectivity index is 0.000000135. The van der Waals surface area contributed by atoms with Crippen molar-refractivity contribution in [3.63, 3.8) is 0 Å². The summed E-state index contributed by atoms with van der Waals surface area (Å²) in [7, 11) is 0. The summed E-state index contributed by atoms with van der Waals surface area (Å²) >= 11 is 8.04. The Bertz CT molecular complexity index is 2240. The number of fused-ring (bicyclic) bond motifs is 3. The number of hydrogen-bond acceptors (Lipinski definition) is 4. The predicted octanol–water partition coefficient (Wildman–Crippen LogP) is 10.3. The highest BCUT2D eigenvalue weighted by Crippen LogP contribution is 2.25. The van der Waals surface area contributed by atoms with Gasteiger partial charge in [0.1, 0.15) is 0 Å². The van der Waals surface area contributed by atoms with Gasteiger partial charge in [0.05, 0.1) is 5.52 Å². The number of pyridine rings is 2. The van der Waals surface area contributed by atoms with Gasteiger partial charge >= 0.3 is 0 Å². The zero-order chi connectivity index (χ0) is 33.2. The highest BCUT2D eigenvalue weighted by molar-refractivity contribution is 9.10. The summed E-state index contributed by atoms with van der Waals surface area (Å²) < 4.78 is 2.78. The van der Waals surface area contributed by atoms with E-state index in [1.54, 1.807) is 30.1 Å². The van der Waals surface area contributed by atoms with Crippen LogP contribution < -0.4 is 0 Å². The van der Waals surface area contributed by atoms with Crippen LogP contribution in [0.15, 0.2) is 145 Å². The quantitative estimate of drug-likeness (QED) is 0.175. The van der Waals surface area contributed by atoms with Gasteiger partial charge in [-0.3, -0.25) is 24.1 Å². The molecular formula is C38H31BrClN5O2. The maximum absolute atomic E-state index is 11.4. The van der Waals surface area contributed by atoms with E-state index in [0.717, 1.165) is 32.1 Å². The molecule has 7 nitrogen and oxygen atoms in total. The molecule has 0 spiro atoms. The van der Waals surface area contributed by atoms with Gasteiger partial charge in [-0.15, -0.1) is 0 Å². The van der Waals surface area contributed by atoms with Crippen molar-refractivity contribution < 1.29 is 9.59 Å². The second kappa shape index (κ2) is 15.8. The fourth-order valence-corrected chi connectivity index (χ4v) is 5.30. The summed E-state index contributed by atoms with van der Waals surface area (Å²) in [6.45, 7) is 2.86. The van der Waals surface area contributed by atoms with Crippen molar-refractivity contribution >= 4 is 71.4 Å². The van der Waals surface area contributed by atoms with Crippen LogP contribution in [-0.2, 0) is 4.79 Å². The molecular weight excluding hydrogens is 674 g/mol. The molecule has 0 aliphatic carbocycles. The van der Waals surface area contributed by atoms with Crippen LogP contribution in [0, 0.1) is 0 Å². The summed E-state index contributed by atoms with van der Waals surface area (Å²) in [4.78, 5) is 35.2. The third kappa shape index (κ3) is 8.91. The molecule has 0 amide bonds. The largest absolute Gasteiger partial charge is 0.361 e. The molecule has 0 aliphatic heterocycles. The first kappa shape index (κ1) is 33.1. The summed E-state index contributed by atoms with van der Waals surface area (Å²) in [6.07, 6.45) is 13.0. The van der Waals surface area contributed by atoms with E-state index in [2.05, 4.69) is 102 Å². The molecule has 0 bridgehead atoms. The van der Waals surface area contributed by atoms with Crippen LogP contribution in [0.1, 0.15) is 18.6 Å². The Labute approximate surface area is 285 Å². The number of halogens is 2. The van der Waals surface area contributed by atoms with E-state index in [1.807, 2.05) is 67.3 Å². The van der Waals surface area contributed by atoms with Gasteiger partial charge in [-0.25, -0.2) is 0 Å². The monoisotopic (exact) mass is 703 g/mol. The normalized spacial score (nSPS) is 10.3. The number of nitrogens with one attached hydrogen (secondary N) is 2. The average Bonchev–Trinajstić information content (AvgIpc) is 3.85. The lowest BCUT2D eigenvalue weighted by molar-refractivity contribution is -0.109. The molecule has 234 valence electrons. The first-order valence-corrected chi connectivity index (χ1v) is 15.8. The van der Waals surface area contributed by atoms with Crippen molar-refractivity contribution in [1.29, 1.82) is 0 Å². The van der Waals surface area contributed by atoms with Gasteiger partial charge in [0, 0.05) is 94.6 Å². The molecule has 0 atom stereocenters. The molecule has 47 heavy (non-hydrogen) atoms. The maximum Gasteiger partial charge on any atom is 0.227 e. The lowest BCUT2D eigenvalue weighted by Crippen LogP contribution is -2.02. The Morgan fingerprint density at radius 3 is 1.74 bits per heavy atom. The SMILES string of the molecule is Brc1ccc2[nH]ccc2c1.CC(=O)Cl.CC(=O)n1ccc2cc(-c3cccnc3)ccc21.c1cncc(-c2ccc3[nH]ccc3c2)c1. The molecule has 0 aliphatic rings. The van der Waals surface area contributed by atoms with E-state index in [1.165, 1.54) is 34.3 Å². The second-order valence-electron chi connectivity index (χ2n) is 10.4. The highest BCUT2D eigenvalue weighted by Gasteiger charge is 2.06. The number of aromatic amines is 2. The van der Waals surface area contributed by atoms with Crippen LogP contribution >= 0.6 is 27.5 Å². The molecule has 8 rings (SSSR count). The van der Waals surface area contributed by atoms with E-state index < -0.39 is 0 Å². The first-order chi connectivity index (χ1) is 22.8. The predicted molar refractivity (Wildman–Crippen MR) is 196 cm³/mol. The third-order valence-corrected chi connectivity index (χ3v) is 7.58. The van der Waals surface area contributed by atoms with Crippen molar-refractivity contribution in [2.75, 3.05) is 0 Å². The van der Waals surface area contributed by atoms with Crippen molar-refractivity contribution in [1.82, 2.24) is 24.5 Å². The first-order valence-electron chi connectivity index (χ1n) is 14.7. The van der Waals surface area contributed by atoms with Crippen LogP contribution in [0.5, 0.6) is 0 Å². The van der Waals surface area contributed by atoms with Gasteiger partial charge in [-0.2, -0.15) is 0 Å². The van der Waals surface area contributed by atoms with Crippen LogP contribution in [0.25, 0.3) is 55.0 Å².